The molecule has 2 aromatic carbocycles. The van der Waals surface area contributed by atoms with Crippen LogP contribution in [0.1, 0.15) is 47.6 Å². The van der Waals surface area contributed by atoms with Crippen LogP contribution in [0, 0.1) is 0 Å². The Bertz CT molecular complexity index is 957. The van der Waals surface area contributed by atoms with Gasteiger partial charge in [0.25, 0.3) is 5.91 Å². The van der Waals surface area contributed by atoms with Gasteiger partial charge in [-0.25, -0.2) is 8.42 Å². The summed E-state index contributed by atoms with van der Waals surface area (Å²) in [4.78, 5) is 15.3. The van der Waals surface area contributed by atoms with Crippen molar-refractivity contribution in [2.45, 2.75) is 36.6 Å². The van der Waals surface area contributed by atoms with Gasteiger partial charge in [0.15, 0.2) is 9.84 Å². The van der Waals surface area contributed by atoms with Gasteiger partial charge in [-0.1, -0.05) is 36.6 Å². The first kappa shape index (κ1) is 20.7. The lowest BCUT2D eigenvalue weighted by Crippen LogP contribution is -2.35. The van der Waals surface area contributed by atoms with E-state index >= 15 is 0 Å². The lowest BCUT2D eigenvalue weighted by atomic mass is 10.00. The monoisotopic (exact) mass is 421 g/mol. The third-order valence-electron chi connectivity index (χ3n) is 5.11. The highest BCUT2D eigenvalue weighted by molar-refractivity contribution is 7.90. The predicted octanol–water partition coefficient (Wildman–Crippen LogP) is 4.51. The zero-order chi connectivity index (χ0) is 20.3. The van der Waals surface area contributed by atoms with Crippen LogP contribution in [0.3, 0.4) is 0 Å². The van der Waals surface area contributed by atoms with Crippen LogP contribution in [0.15, 0.2) is 47.4 Å². The van der Waals surface area contributed by atoms with Gasteiger partial charge in [0, 0.05) is 12.8 Å². The molecule has 0 N–H and O–H groups in total. The Morgan fingerprint density at radius 3 is 2.46 bits per heavy atom. The number of nitrogens with zero attached hydrogens (tertiary/aromatic N) is 1. The van der Waals surface area contributed by atoms with Crippen LogP contribution in [0.25, 0.3) is 0 Å². The SMILES string of the molecule is COc1ccc(C2CCCCCN2C(=O)c2cc(S(C)(=O)=O)ccc2Cl)cc1. The Kier molecular flexibility index (Phi) is 6.30. The summed E-state index contributed by atoms with van der Waals surface area (Å²) in [7, 11) is -1.81. The molecule has 7 heteroatoms. The molecule has 150 valence electrons. The molecule has 1 saturated heterocycles. The smallest absolute Gasteiger partial charge is 0.255 e. The van der Waals surface area contributed by atoms with Crippen LogP contribution in [0.5, 0.6) is 5.75 Å². The number of carbonyl (C=O) groups is 1. The molecular weight excluding hydrogens is 398 g/mol. The van der Waals surface area contributed by atoms with E-state index in [1.165, 1.54) is 18.2 Å². The average Bonchev–Trinajstić information content (AvgIpc) is 2.93. The van der Waals surface area contributed by atoms with Crippen molar-refractivity contribution in [1.29, 1.82) is 0 Å². The van der Waals surface area contributed by atoms with Crippen molar-refractivity contribution in [3.63, 3.8) is 0 Å². The summed E-state index contributed by atoms with van der Waals surface area (Å²) < 4.78 is 29.1. The van der Waals surface area contributed by atoms with E-state index in [0.717, 1.165) is 43.3 Å². The molecule has 2 aromatic rings. The number of hydrogen-bond donors (Lipinski definition) is 0. The Labute approximate surface area is 171 Å². The molecule has 0 aromatic heterocycles. The topological polar surface area (TPSA) is 63.7 Å². The first-order valence-corrected chi connectivity index (χ1v) is 11.5. The maximum atomic E-state index is 13.4. The molecule has 3 rings (SSSR count). The van der Waals surface area contributed by atoms with Gasteiger partial charge in [-0.15, -0.1) is 0 Å². The Morgan fingerprint density at radius 2 is 1.82 bits per heavy atom. The number of methoxy groups -OCH3 is 1. The molecule has 0 aliphatic carbocycles. The number of amides is 1. The second kappa shape index (κ2) is 8.53. The largest absolute Gasteiger partial charge is 0.497 e. The lowest BCUT2D eigenvalue weighted by molar-refractivity contribution is 0.0681. The minimum Gasteiger partial charge on any atom is -0.497 e. The van der Waals surface area contributed by atoms with E-state index in [2.05, 4.69) is 0 Å². The highest BCUT2D eigenvalue weighted by Crippen LogP contribution is 2.33. The lowest BCUT2D eigenvalue weighted by Gasteiger charge is -2.31. The van der Waals surface area contributed by atoms with E-state index in [0.29, 0.717) is 6.54 Å². The van der Waals surface area contributed by atoms with Gasteiger partial charge in [0.2, 0.25) is 0 Å². The third-order valence-corrected chi connectivity index (χ3v) is 6.55. The molecule has 0 spiro atoms. The van der Waals surface area contributed by atoms with Crippen LogP contribution >= 0.6 is 11.6 Å². The molecule has 28 heavy (non-hydrogen) atoms. The van der Waals surface area contributed by atoms with E-state index in [-0.39, 0.29) is 27.4 Å². The van der Waals surface area contributed by atoms with E-state index in [4.69, 9.17) is 16.3 Å². The minimum atomic E-state index is -3.43. The molecule has 1 fully saturated rings. The van der Waals surface area contributed by atoms with Gasteiger partial charge < -0.3 is 9.64 Å². The number of hydrogen-bond acceptors (Lipinski definition) is 4. The van der Waals surface area contributed by atoms with Gasteiger partial charge in [0.1, 0.15) is 5.75 Å². The first-order chi connectivity index (χ1) is 13.3. The van der Waals surface area contributed by atoms with Gasteiger partial charge in [-0.05, 0) is 48.7 Å². The highest BCUT2D eigenvalue weighted by Gasteiger charge is 2.29. The fraction of sp³-hybridized carbons (Fsp3) is 0.381. The molecule has 5 nitrogen and oxygen atoms in total. The third kappa shape index (κ3) is 4.50. The van der Waals surface area contributed by atoms with Crippen molar-refractivity contribution in [3.8, 4) is 5.75 Å². The predicted molar refractivity (Wildman–Crippen MR) is 110 cm³/mol. The molecule has 1 aliphatic rings. The minimum absolute atomic E-state index is 0.0844. The van der Waals surface area contributed by atoms with E-state index in [1.54, 1.807) is 7.11 Å². The molecule has 1 aliphatic heterocycles. The standard InChI is InChI=1S/C21H24ClNO4S/c1-27-16-9-7-15(8-10-16)20-6-4-3-5-13-23(20)21(24)18-14-17(28(2,25)26)11-12-19(18)22/h7-12,14,20H,3-6,13H2,1-2H3. The molecule has 0 bridgehead atoms. The van der Waals surface area contributed by atoms with Gasteiger partial charge in [0.05, 0.1) is 28.6 Å². The molecule has 1 unspecified atom stereocenters. The van der Waals surface area contributed by atoms with Gasteiger partial charge in [-0.2, -0.15) is 0 Å². The van der Waals surface area contributed by atoms with Crippen molar-refractivity contribution < 1.29 is 17.9 Å². The highest BCUT2D eigenvalue weighted by atomic mass is 35.5. The zero-order valence-electron chi connectivity index (χ0n) is 16.0. The second-order valence-electron chi connectivity index (χ2n) is 7.05. The van der Waals surface area contributed by atoms with Crippen molar-refractivity contribution in [2.75, 3.05) is 19.9 Å². The van der Waals surface area contributed by atoms with Crippen LogP contribution in [-0.4, -0.2) is 39.1 Å². The second-order valence-corrected chi connectivity index (χ2v) is 9.47. The van der Waals surface area contributed by atoms with E-state index in [9.17, 15) is 13.2 Å². The number of sulfone groups is 1. The Hall–Kier alpha value is -2.05. The van der Waals surface area contributed by atoms with Crippen LogP contribution in [0.4, 0.5) is 0 Å². The molecule has 0 radical (unpaired) electrons. The summed E-state index contributed by atoms with van der Waals surface area (Å²) in [6, 6.07) is 11.9. The zero-order valence-corrected chi connectivity index (χ0v) is 17.6. The first-order valence-electron chi connectivity index (χ1n) is 9.26. The van der Waals surface area contributed by atoms with Gasteiger partial charge >= 0.3 is 0 Å². The number of carbonyl (C=O) groups excluding carboxylic acids is 1. The van der Waals surface area contributed by atoms with Crippen LogP contribution in [0.2, 0.25) is 5.02 Å². The number of benzene rings is 2. The van der Waals surface area contributed by atoms with E-state index < -0.39 is 9.84 Å². The summed E-state index contributed by atoms with van der Waals surface area (Å²) >= 11 is 6.28. The summed E-state index contributed by atoms with van der Waals surface area (Å²) in [6.07, 6.45) is 4.95. The number of rotatable bonds is 4. The summed E-state index contributed by atoms with van der Waals surface area (Å²) in [6.45, 7) is 0.606. The average molecular weight is 422 g/mol. The fourth-order valence-corrected chi connectivity index (χ4v) is 4.42. The molecule has 1 atom stereocenters. The van der Waals surface area contributed by atoms with Crippen LogP contribution in [-0.2, 0) is 9.84 Å². The number of ether oxygens (including phenoxy) is 1. The van der Waals surface area contributed by atoms with Crippen molar-refractivity contribution in [1.82, 2.24) is 4.90 Å². The molecule has 1 amide bonds. The quantitative estimate of drug-likeness (QED) is 0.728. The maximum Gasteiger partial charge on any atom is 0.255 e. The van der Waals surface area contributed by atoms with Crippen molar-refractivity contribution in [2.24, 2.45) is 0 Å². The fourth-order valence-electron chi connectivity index (χ4n) is 3.58. The molecule has 1 heterocycles. The van der Waals surface area contributed by atoms with Crippen LogP contribution < -0.4 is 4.74 Å². The van der Waals surface area contributed by atoms with Crippen molar-refractivity contribution >= 4 is 27.3 Å². The molecule has 0 saturated carbocycles. The summed E-state index contributed by atoms with van der Waals surface area (Å²) in [5.41, 5.74) is 1.26. The Balaban J connectivity index is 1.99. The number of halogens is 1. The number of likely N-dealkylation sites (tertiary alicyclic amines) is 1. The van der Waals surface area contributed by atoms with Crippen molar-refractivity contribution in [3.05, 3.63) is 58.6 Å². The summed E-state index contributed by atoms with van der Waals surface area (Å²) in [5.74, 6) is 0.525. The maximum absolute atomic E-state index is 13.4. The summed E-state index contributed by atoms with van der Waals surface area (Å²) in [5, 5.41) is 0.259. The normalized spacial score (nSPS) is 17.8. The molecular formula is C21H24ClNO4S. The van der Waals surface area contributed by atoms with Gasteiger partial charge in [-0.3, -0.25) is 4.79 Å². The Morgan fingerprint density at radius 1 is 1.11 bits per heavy atom. The van der Waals surface area contributed by atoms with E-state index in [1.807, 2.05) is 29.2 Å².